The molecular weight excluding hydrogens is 359 g/mol. The summed E-state index contributed by atoms with van der Waals surface area (Å²) in [6.45, 7) is 3.43. The van der Waals surface area contributed by atoms with E-state index in [1.165, 1.54) is 57.1 Å². The molecule has 1 aromatic heterocycles. The molecule has 2 nitrogen and oxygen atoms in total. The standard InChI is InChI=1S/C17H31N2.HI/c1-4-5-6-7-8-9-10-11-14-19-15-12-17(13-16-19)18(2)3;/h12-13,15-16H,4-11,14H2,1-3H3;1H/q+1;/p-1. The molecule has 0 spiro atoms. The molecule has 20 heavy (non-hydrogen) atoms. The van der Waals surface area contributed by atoms with Crippen LogP contribution in [0.25, 0.3) is 0 Å². The molecule has 116 valence electrons. The van der Waals surface area contributed by atoms with Crippen LogP contribution in [0.15, 0.2) is 24.5 Å². The summed E-state index contributed by atoms with van der Waals surface area (Å²) in [5.74, 6) is 0. The number of hydrogen-bond acceptors (Lipinski definition) is 1. The highest BCUT2D eigenvalue weighted by Gasteiger charge is 2.01. The number of rotatable bonds is 10. The average molecular weight is 390 g/mol. The third kappa shape index (κ3) is 8.77. The van der Waals surface area contributed by atoms with Crippen molar-refractivity contribution in [2.45, 2.75) is 64.8 Å². The van der Waals surface area contributed by atoms with E-state index in [1.54, 1.807) is 0 Å². The second kappa shape index (κ2) is 12.4. The van der Waals surface area contributed by atoms with E-state index in [0.29, 0.717) is 0 Å². The summed E-state index contributed by atoms with van der Waals surface area (Å²) in [5, 5.41) is 0. The van der Waals surface area contributed by atoms with Crippen molar-refractivity contribution in [3.8, 4) is 0 Å². The molecule has 0 atom stereocenters. The third-order valence-electron chi connectivity index (χ3n) is 3.66. The normalized spacial score (nSPS) is 10.2. The Morgan fingerprint density at radius 1 is 0.850 bits per heavy atom. The molecule has 0 N–H and O–H groups in total. The minimum Gasteiger partial charge on any atom is -1.00 e. The zero-order valence-corrected chi connectivity index (χ0v) is 15.6. The van der Waals surface area contributed by atoms with Gasteiger partial charge in [0.2, 0.25) is 0 Å². The van der Waals surface area contributed by atoms with Crippen molar-refractivity contribution in [3.05, 3.63) is 24.5 Å². The van der Waals surface area contributed by atoms with Gasteiger partial charge in [-0.15, -0.1) is 0 Å². The van der Waals surface area contributed by atoms with Crippen molar-refractivity contribution in [2.24, 2.45) is 0 Å². The van der Waals surface area contributed by atoms with Crippen molar-refractivity contribution in [1.82, 2.24) is 0 Å². The first-order valence-electron chi connectivity index (χ1n) is 7.90. The van der Waals surface area contributed by atoms with Gasteiger partial charge in [0.1, 0.15) is 6.54 Å². The van der Waals surface area contributed by atoms with Gasteiger partial charge in [0.05, 0.1) is 0 Å². The fourth-order valence-electron chi connectivity index (χ4n) is 2.32. The number of unbranched alkanes of at least 4 members (excludes halogenated alkanes) is 7. The van der Waals surface area contributed by atoms with Gasteiger partial charge in [-0.1, -0.05) is 45.4 Å². The van der Waals surface area contributed by atoms with E-state index in [0.717, 1.165) is 6.54 Å². The summed E-state index contributed by atoms with van der Waals surface area (Å²) in [7, 11) is 4.16. The number of aromatic nitrogens is 1. The fourth-order valence-corrected chi connectivity index (χ4v) is 2.32. The molecule has 0 saturated heterocycles. The van der Waals surface area contributed by atoms with Crippen molar-refractivity contribution in [3.63, 3.8) is 0 Å². The smallest absolute Gasteiger partial charge is 0.170 e. The SMILES string of the molecule is CCCCCCCCCC[n+]1ccc(N(C)C)cc1.[I-]. The zero-order chi connectivity index (χ0) is 13.9. The first-order valence-corrected chi connectivity index (χ1v) is 7.90. The van der Waals surface area contributed by atoms with Gasteiger partial charge in [0, 0.05) is 38.3 Å². The number of anilines is 1. The minimum absolute atomic E-state index is 0. The molecule has 0 unspecified atom stereocenters. The van der Waals surface area contributed by atoms with Crippen LogP contribution in [0.4, 0.5) is 5.69 Å². The Morgan fingerprint density at radius 3 is 1.85 bits per heavy atom. The molecule has 1 heterocycles. The Bertz CT molecular complexity index is 322. The van der Waals surface area contributed by atoms with Crippen molar-refractivity contribution >= 4 is 5.69 Å². The van der Waals surface area contributed by atoms with Crippen LogP contribution >= 0.6 is 0 Å². The zero-order valence-electron chi connectivity index (χ0n) is 13.4. The molecule has 0 saturated carbocycles. The van der Waals surface area contributed by atoms with Crippen LogP contribution in [0.3, 0.4) is 0 Å². The van der Waals surface area contributed by atoms with E-state index in [1.807, 2.05) is 0 Å². The number of pyridine rings is 1. The van der Waals surface area contributed by atoms with Gasteiger partial charge in [0.25, 0.3) is 0 Å². The van der Waals surface area contributed by atoms with E-state index in [2.05, 4.69) is 55.0 Å². The van der Waals surface area contributed by atoms with Crippen molar-refractivity contribution < 1.29 is 28.5 Å². The highest BCUT2D eigenvalue weighted by atomic mass is 127. The quantitative estimate of drug-likeness (QED) is 0.331. The van der Waals surface area contributed by atoms with Crippen molar-refractivity contribution in [2.75, 3.05) is 19.0 Å². The Morgan fingerprint density at radius 2 is 1.35 bits per heavy atom. The van der Waals surface area contributed by atoms with Gasteiger partial charge in [-0.25, -0.2) is 4.57 Å². The van der Waals surface area contributed by atoms with Gasteiger partial charge in [-0.05, 0) is 6.42 Å². The number of halogens is 1. The number of hydrogen-bond donors (Lipinski definition) is 0. The van der Waals surface area contributed by atoms with E-state index in [4.69, 9.17) is 0 Å². The highest BCUT2D eigenvalue weighted by molar-refractivity contribution is 5.41. The summed E-state index contributed by atoms with van der Waals surface area (Å²) < 4.78 is 2.30. The Hall–Kier alpha value is -0.320. The lowest BCUT2D eigenvalue weighted by Crippen LogP contribution is -3.00. The number of aryl methyl sites for hydroxylation is 1. The number of nitrogens with zero attached hydrogens (tertiary/aromatic N) is 2. The van der Waals surface area contributed by atoms with Crippen LogP contribution in [0.5, 0.6) is 0 Å². The average Bonchev–Trinajstić information content (AvgIpc) is 2.42. The Labute approximate surface area is 142 Å². The first kappa shape index (κ1) is 19.7. The molecule has 1 aromatic rings. The Balaban J connectivity index is 0.00000361. The lowest BCUT2D eigenvalue weighted by atomic mass is 10.1. The van der Waals surface area contributed by atoms with Gasteiger partial charge in [-0.2, -0.15) is 0 Å². The van der Waals surface area contributed by atoms with Crippen LogP contribution in [0, 0.1) is 0 Å². The molecule has 1 rings (SSSR count). The fraction of sp³-hybridized carbons (Fsp3) is 0.706. The van der Waals surface area contributed by atoms with Crippen molar-refractivity contribution in [1.29, 1.82) is 0 Å². The topological polar surface area (TPSA) is 7.12 Å². The summed E-state index contributed by atoms with van der Waals surface area (Å²) in [6, 6.07) is 4.37. The predicted molar refractivity (Wildman–Crippen MR) is 83.6 cm³/mol. The monoisotopic (exact) mass is 390 g/mol. The molecule has 0 aliphatic heterocycles. The van der Waals surface area contributed by atoms with E-state index < -0.39 is 0 Å². The third-order valence-corrected chi connectivity index (χ3v) is 3.66. The molecule has 0 aliphatic rings. The molecule has 0 radical (unpaired) electrons. The lowest BCUT2D eigenvalue weighted by Gasteiger charge is -2.10. The predicted octanol–water partition coefficient (Wildman–Crippen LogP) is 1.18. The summed E-state index contributed by atoms with van der Waals surface area (Å²) in [6.07, 6.45) is 15.5. The molecule has 0 bridgehead atoms. The van der Waals surface area contributed by atoms with E-state index in [-0.39, 0.29) is 24.0 Å². The molecule has 0 amide bonds. The summed E-state index contributed by atoms with van der Waals surface area (Å²) in [5.41, 5.74) is 1.27. The van der Waals surface area contributed by atoms with Gasteiger partial charge in [0.15, 0.2) is 12.4 Å². The van der Waals surface area contributed by atoms with Crippen LogP contribution in [-0.2, 0) is 6.54 Å². The first-order chi connectivity index (χ1) is 9.24. The Kier molecular flexibility index (Phi) is 12.2. The molecule has 0 fully saturated rings. The minimum atomic E-state index is 0. The molecule has 3 heteroatoms. The maximum absolute atomic E-state index is 2.30. The largest absolute Gasteiger partial charge is 1.00 e. The van der Waals surface area contributed by atoms with Crippen LogP contribution in [0.1, 0.15) is 58.3 Å². The summed E-state index contributed by atoms with van der Waals surface area (Å²) in [4.78, 5) is 2.14. The molecular formula is C17H31IN2. The van der Waals surface area contributed by atoms with Gasteiger partial charge in [-0.3, -0.25) is 0 Å². The van der Waals surface area contributed by atoms with Crippen LogP contribution in [0.2, 0.25) is 0 Å². The maximum atomic E-state index is 2.30. The molecule has 0 aromatic carbocycles. The maximum Gasteiger partial charge on any atom is 0.170 e. The van der Waals surface area contributed by atoms with Crippen LogP contribution in [-0.4, -0.2) is 14.1 Å². The van der Waals surface area contributed by atoms with Crippen LogP contribution < -0.4 is 33.4 Å². The lowest BCUT2D eigenvalue weighted by molar-refractivity contribution is -0.697. The second-order valence-electron chi connectivity index (χ2n) is 5.66. The van der Waals surface area contributed by atoms with E-state index in [9.17, 15) is 0 Å². The second-order valence-corrected chi connectivity index (χ2v) is 5.66. The van der Waals surface area contributed by atoms with Gasteiger partial charge >= 0.3 is 0 Å². The van der Waals surface area contributed by atoms with E-state index >= 15 is 0 Å². The van der Waals surface area contributed by atoms with Gasteiger partial charge < -0.3 is 28.9 Å². The summed E-state index contributed by atoms with van der Waals surface area (Å²) >= 11 is 0. The highest BCUT2D eigenvalue weighted by Crippen LogP contribution is 2.09. The molecule has 0 aliphatic carbocycles.